The molecule has 2 aromatic carbocycles. The van der Waals surface area contributed by atoms with E-state index in [1.54, 1.807) is 25.2 Å². The summed E-state index contributed by atoms with van der Waals surface area (Å²) in [4.78, 5) is 17.2. The van der Waals surface area contributed by atoms with Gasteiger partial charge in [-0.05, 0) is 54.3 Å². The van der Waals surface area contributed by atoms with Gasteiger partial charge in [-0.2, -0.15) is 5.26 Å². The molecule has 3 aromatic rings. The van der Waals surface area contributed by atoms with Crippen molar-refractivity contribution in [2.75, 3.05) is 7.05 Å². The molecule has 1 N–H and O–H groups in total. The van der Waals surface area contributed by atoms with Crippen molar-refractivity contribution in [1.82, 2.24) is 15.5 Å². The molecule has 10 heteroatoms. The molecule has 7 nitrogen and oxygen atoms in total. The molecule has 1 aliphatic rings. The second-order valence-electron chi connectivity index (χ2n) is 7.59. The lowest BCUT2D eigenvalue weighted by molar-refractivity contribution is -0.121. The van der Waals surface area contributed by atoms with Crippen molar-refractivity contribution < 1.29 is 13.6 Å². The Kier molecular flexibility index (Phi) is 6.77. The number of carbonyl (C=O) groups excluding carboxylic acids is 1. The zero-order valence-corrected chi connectivity index (χ0v) is 19.2. The average molecular weight is 484 g/mol. The van der Waals surface area contributed by atoms with Crippen molar-refractivity contribution in [2.45, 2.75) is 36.1 Å². The lowest BCUT2D eigenvalue weighted by Gasteiger charge is -2.08. The van der Waals surface area contributed by atoms with Gasteiger partial charge in [0.1, 0.15) is 17.8 Å². The molecular formula is C23H19ClFN5O2S. The maximum atomic E-state index is 13.6. The van der Waals surface area contributed by atoms with Crippen LogP contribution in [-0.2, 0) is 17.6 Å². The second-order valence-corrected chi connectivity index (χ2v) is 9.17. The van der Waals surface area contributed by atoms with Gasteiger partial charge in [-0.25, -0.2) is 4.39 Å². The molecule has 0 atom stereocenters. The Hall–Kier alpha value is -3.22. The first-order valence-corrected chi connectivity index (χ1v) is 11.3. The molecule has 0 unspecified atom stereocenters. The monoisotopic (exact) mass is 483 g/mol. The summed E-state index contributed by atoms with van der Waals surface area (Å²) in [6.45, 7) is 0. The van der Waals surface area contributed by atoms with Gasteiger partial charge in [0.2, 0.25) is 17.7 Å². The fourth-order valence-electron chi connectivity index (χ4n) is 3.15. The van der Waals surface area contributed by atoms with Gasteiger partial charge in [-0.3, -0.25) is 9.79 Å². The molecule has 0 bridgehead atoms. The van der Waals surface area contributed by atoms with Crippen LogP contribution >= 0.6 is 23.4 Å². The number of benzene rings is 2. The van der Waals surface area contributed by atoms with Gasteiger partial charge in [-0.1, -0.05) is 35.5 Å². The quantitative estimate of drug-likeness (QED) is 0.299. The molecule has 1 saturated carbocycles. The number of thioether (sulfide) groups is 1. The van der Waals surface area contributed by atoms with Gasteiger partial charge in [0.05, 0.1) is 17.5 Å². The molecule has 1 heterocycles. The van der Waals surface area contributed by atoms with Gasteiger partial charge < -0.3 is 9.73 Å². The highest BCUT2D eigenvalue weighted by atomic mass is 35.5. The summed E-state index contributed by atoms with van der Waals surface area (Å²) in [7, 11) is 1.65. The van der Waals surface area contributed by atoms with E-state index in [2.05, 4.69) is 26.6 Å². The average Bonchev–Trinajstić information content (AvgIpc) is 3.42. The van der Waals surface area contributed by atoms with Gasteiger partial charge in [0, 0.05) is 17.0 Å². The Morgan fingerprint density at radius 1 is 1.24 bits per heavy atom. The fourth-order valence-corrected chi connectivity index (χ4v) is 4.38. The lowest BCUT2D eigenvalue weighted by Crippen LogP contribution is -2.36. The van der Waals surface area contributed by atoms with Crippen LogP contribution in [-0.4, -0.2) is 33.7 Å². The van der Waals surface area contributed by atoms with Gasteiger partial charge in [0.25, 0.3) is 0 Å². The van der Waals surface area contributed by atoms with Crippen molar-refractivity contribution in [3.8, 4) is 17.2 Å². The number of aromatic nitrogens is 2. The molecule has 1 aromatic heterocycles. The summed E-state index contributed by atoms with van der Waals surface area (Å²) in [5.74, 6) is -0.155. The van der Waals surface area contributed by atoms with E-state index in [1.807, 2.05) is 12.1 Å². The summed E-state index contributed by atoms with van der Waals surface area (Å²) in [6, 6.07) is 13.9. The zero-order valence-electron chi connectivity index (χ0n) is 17.6. The summed E-state index contributed by atoms with van der Waals surface area (Å²) in [5, 5.41) is 20.9. The third-order valence-electron chi connectivity index (χ3n) is 4.98. The molecule has 0 saturated heterocycles. The Morgan fingerprint density at radius 3 is 2.67 bits per heavy atom. The van der Waals surface area contributed by atoms with E-state index >= 15 is 0 Å². The first-order valence-electron chi connectivity index (χ1n) is 10.1. The van der Waals surface area contributed by atoms with Crippen LogP contribution in [0.1, 0.15) is 24.6 Å². The number of carbonyl (C=O) groups is 1. The van der Waals surface area contributed by atoms with Crippen molar-refractivity contribution in [3.05, 3.63) is 65.1 Å². The van der Waals surface area contributed by atoms with Crippen molar-refractivity contribution in [1.29, 1.82) is 5.26 Å². The molecule has 168 valence electrons. The number of hydrogen-bond donors (Lipinski definition) is 1. The molecule has 1 aliphatic carbocycles. The van der Waals surface area contributed by atoms with E-state index < -0.39 is 5.54 Å². The van der Waals surface area contributed by atoms with Crippen LogP contribution < -0.4 is 5.32 Å². The van der Waals surface area contributed by atoms with E-state index in [4.69, 9.17) is 21.3 Å². The predicted octanol–water partition coefficient (Wildman–Crippen LogP) is 4.61. The minimum Gasteiger partial charge on any atom is -0.424 e. The molecule has 1 fully saturated rings. The Balaban J connectivity index is 1.41. The standard InChI is InChI=1S/C23H19ClFN5O2S/c1-27-22(12-21-30-29-20(32-21)11-19(31)28-23(13-26)5-6-23)33-18-9-15(7-16(24)10-18)14-3-2-4-17(25)8-14/h2-4,7-10H,5-6,11-12H2,1H3,(H,28,31)/b27-22-. The third-order valence-corrected chi connectivity index (χ3v) is 6.23. The number of nitrogens with zero attached hydrogens (tertiary/aromatic N) is 4. The van der Waals surface area contributed by atoms with E-state index in [1.165, 1.54) is 23.9 Å². The third kappa shape index (κ3) is 5.97. The van der Waals surface area contributed by atoms with E-state index in [0.29, 0.717) is 28.8 Å². The largest absolute Gasteiger partial charge is 0.424 e. The summed E-state index contributed by atoms with van der Waals surface area (Å²) < 4.78 is 19.2. The van der Waals surface area contributed by atoms with Crippen LogP contribution in [0.2, 0.25) is 5.02 Å². The lowest BCUT2D eigenvalue weighted by atomic mass is 10.1. The highest BCUT2D eigenvalue weighted by Gasteiger charge is 2.44. The smallest absolute Gasteiger partial charge is 0.230 e. The molecule has 33 heavy (non-hydrogen) atoms. The number of nitriles is 1. The van der Waals surface area contributed by atoms with Crippen LogP contribution in [0, 0.1) is 17.1 Å². The van der Waals surface area contributed by atoms with Gasteiger partial charge in [-0.15, -0.1) is 10.2 Å². The summed E-state index contributed by atoms with van der Waals surface area (Å²) in [6.07, 6.45) is 1.50. The van der Waals surface area contributed by atoms with Crippen molar-refractivity contribution >= 4 is 34.3 Å². The molecule has 1 amide bonds. The number of hydrogen-bond acceptors (Lipinski definition) is 7. The van der Waals surface area contributed by atoms with Crippen LogP contribution in [0.25, 0.3) is 11.1 Å². The minimum atomic E-state index is -0.736. The Labute approximate surface area is 199 Å². The first kappa shape index (κ1) is 23.0. The molecule has 4 rings (SSSR count). The van der Waals surface area contributed by atoms with Crippen LogP contribution in [0.4, 0.5) is 4.39 Å². The van der Waals surface area contributed by atoms with Crippen LogP contribution in [0.15, 0.2) is 56.8 Å². The maximum absolute atomic E-state index is 13.6. The normalized spacial score (nSPS) is 14.5. The van der Waals surface area contributed by atoms with Crippen molar-refractivity contribution in [3.63, 3.8) is 0 Å². The fraction of sp³-hybridized carbons (Fsp3) is 0.261. The second kappa shape index (κ2) is 9.73. The highest BCUT2D eigenvalue weighted by molar-refractivity contribution is 8.14. The SMILES string of the molecule is C/N=C(/Cc1nnc(CC(=O)NC2(C#N)CC2)o1)Sc1cc(Cl)cc(-c2cccc(F)c2)c1. The van der Waals surface area contributed by atoms with E-state index in [0.717, 1.165) is 16.0 Å². The Morgan fingerprint density at radius 2 is 2.00 bits per heavy atom. The Bertz CT molecular complexity index is 1270. The predicted molar refractivity (Wildman–Crippen MR) is 123 cm³/mol. The molecule has 0 aliphatic heterocycles. The minimum absolute atomic E-state index is 0.0898. The zero-order chi connectivity index (χ0) is 23.4. The van der Waals surface area contributed by atoms with Gasteiger partial charge in [0.15, 0.2) is 0 Å². The van der Waals surface area contributed by atoms with E-state index in [-0.39, 0.29) is 30.5 Å². The molecule has 0 radical (unpaired) electrons. The number of halogens is 2. The number of nitrogens with one attached hydrogen (secondary N) is 1. The van der Waals surface area contributed by atoms with Crippen LogP contribution in [0.5, 0.6) is 0 Å². The molecular weight excluding hydrogens is 465 g/mol. The van der Waals surface area contributed by atoms with Crippen molar-refractivity contribution in [2.24, 2.45) is 4.99 Å². The van der Waals surface area contributed by atoms with Crippen LogP contribution in [0.3, 0.4) is 0 Å². The first-order chi connectivity index (χ1) is 15.9. The topological polar surface area (TPSA) is 104 Å². The number of aliphatic imine (C=N–C) groups is 1. The van der Waals surface area contributed by atoms with Gasteiger partial charge >= 0.3 is 0 Å². The summed E-state index contributed by atoms with van der Waals surface area (Å²) >= 11 is 7.67. The molecule has 0 spiro atoms. The maximum Gasteiger partial charge on any atom is 0.230 e. The number of amides is 1. The number of rotatable bonds is 7. The highest BCUT2D eigenvalue weighted by Crippen LogP contribution is 2.34. The van der Waals surface area contributed by atoms with E-state index in [9.17, 15) is 9.18 Å². The summed E-state index contributed by atoms with van der Waals surface area (Å²) in [5.41, 5.74) is 0.773.